The maximum Gasteiger partial charge on any atom is 0.154 e. The van der Waals surface area contributed by atoms with Gasteiger partial charge < -0.3 is 9.73 Å². The number of fused-ring (bicyclic) bond motifs is 1. The van der Waals surface area contributed by atoms with Crippen LogP contribution in [0.4, 0.5) is 0 Å². The van der Waals surface area contributed by atoms with Gasteiger partial charge >= 0.3 is 0 Å². The topological polar surface area (TPSA) is 25.2 Å². The highest BCUT2D eigenvalue weighted by Crippen LogP contribution is 2.38. The molecule has 0 radical (unpaired) electrons. The van der Waals surface area contributed by atoms with Gasteiger partial charge in [-0.25, -0.2) is 0 Å². The first-order chi connectivity index (χ1) is 7.65. The normalized spacial score (nSPS) is 11.2. The number of halogens is 3. The zero-order valence-corrected chi connectivity index (χ0v) is 10.9. The third-order valence-corrected chi connectivity index (χ3v) is 3.48. The smallest absolute Gasteiger partial charge is 0.154 e. The van der Waals surface area contributed by atoms with Crippen molar-refractivity contribution in [2.24, 2.45) is 0 Å². The molecule has 1 aromatic heterocycles. The Hall–Kier alpha value is -0.410. The van der Waals surface area contributed by atoms with Gasteiger partial charge in [-0.2, -0.15) is 0 Å². The molecule has 0 spiro atoms. The van der Waals surface area contributed by atoms with E-state index < -0.39 is 0 Å². The first-order valence-electron chi connectivity index (χ1n) is 4.83. The summed E-state index contributed by atoms with van der Waals surface area (Å²) < 4.78 is 5.41. The average molecular weight is 279 g/mol. The molecule has 1 aromatic carbocycles. The van der Waals surface area contributed by atoms with Crippen LogP contribution < -0.4 is 5.32 Å². The van der Waals surface area contributed by atoms with Crippen LogP contribution in [0.3, 0.4) is 0 Å². The molecule has 2 aromatic rings. The molecule has 0 atom stereocenters. The number of hydrogen-bond acceptors (Lipinski definition) is 2. The summed E-state index contributed by atoms with van der Waals surface area (Å²) in [6.07, 6.45) is 2.50. The standard InChI is InChI=1S/C11H10Cl3NO/c1-15-3-2-6-5-16-11-8(13)4-7(12)10(14)9(6)11/h4-5,15H,2-3H2,1H3. The quantitative estimate of drug-likeness (QED) is 0.853. The molecular formula is C11H10Cl3NO. The fourth-order valence-corrected chi connectivity index (χ4v) is 2.38. The molecule has 0 bridgehead atoms. The van der Waals surface area contributed by atoms with Crippen molar-refractivity contribution in [2.75, 3.05) is 13.6 Å². The van der Waals surface area contributed by atoms with Crippen LogP contribution in [0.15, 0.2) is 16.7 Å². The summed E-state index contributed by atoms with van der Waals surface area (Å²) in [5, 5.41) is 5.32. The predicted molar refractivity (Wildman–Crippen MR) is 68.9 cm³/mol. The Bertz CT molecular complexity index is 521. The molecular weight excluding hydrogens is 268 g/mol. The molecule has 1 N–H and O–H groups in total. The SMILES string of the molecule is CNCCc1coc2c(Cl)cc(Cl)c(Cl)c12. The van der Waals surface area contributed by atoms with Gasteiger partial charge in [-0.05, 0) is 26.1 Å². The summed E-state index contributed by atoms with van der Waals surface area (Å²) in [7, 11) is 1.89. The molecule has 0 saturated carbocycles. The number of benzene rings is 1. The minimum absolute atomic E-state index is 0.450. The van der Waals surface area contributed by atoms with E-state index in [9.17, 15) is 0 Å². The van der Waals surface area contributed by atoms with Crippen molar-refractivity contribution < 1.29 is 4.42 Å². The second-order valence-corrected chi connectivity index (χ2v) is 4.67. The average Bonchev–Trinajstić information content (AvgIpc) is 2.67. The Morgan fingerprint density at radius 2 is 2.00 bits per heavy atom. The third kappa shape index (κ3) is 2.03. The van der Waals surface area contributed by atoms with Crippen LogP contribution in [-0.2, 0) is 6.42 Å². The monoisotopic (exact) mass is 277 g/mol. The van der Waals surface area contributed by atoms with E-state index in [-0.39, 0.29) is 0 Å². The fourth-order valence-electron chi connectivity index (χ4n) is 1.61. The minimum atomic E-state index is 0.450. The molecule has 0 saturated heterocycles. The van der Waals surface area contributed by atoms with E-state index in [1.165, 1.54) is 0 Å². The Morgan fingerprint density at radius 1 is 1.25 bits per heavy atom. The summed E-state index contributed by atoms with van der Waals surface area (Å²) in [6, 6.07) is 1.60. The summed E-state index contributed by atoms with van der Waals surface area (Å²) in [5.41, 5.74) is 1.61. The molecule has 0 amide bonds. The van der Waals surface area contributed by atoms with Gasteiger partial charge in [0.1, 0.15) is 0 Å². The summed E-state index contributed by atoms with van der Waals surface area (Å²) in [5.74, 6) is 0. The van der Waals surface area contributed by atoms with Crippen LogP contribution in [0.25, 0.3) is 11.0 Å². The maximum atomic E-state index is 6.15. The van der Waals surface area contributed by atoms with Crippen LogP contribution in [0.1, 0.15) is 5.56 Å². The lowest BCUT2D eigenvalue weighted by Crippen LogP contribution is -2.09. The highest BCUT2D eigenvalue weighted by molar-refractivity contribution is 6.47. The molecule has 2 nitrogen and oxygen atoms in total. The summed E-state index contributed by atoms with van der Waals surface area (Å²) in [4.78, 5) is 0. The Morgan fingerprint density at radius 3 is 2.69 bits per heavy atom. The molecule has 0 aliphatic heterocycles. The van der Waals surface area contributed by atoms with Crippen molar-refractivity contribution in [3.63, 3.8) is 0 Å². The second-order valence-electron chi connectivity index (χ2n) is 3.47. The predicted octanol–water partition coefficient (Wildman–Crippen LogP) is 4.15. The van der Waals surface area contributed by atoms with Crippen LogP contribution in [0.2, 0.25) is 15.1 Å². The van der Waals surface area contributed by atoms with Crippen molar-refractivity contribution in [1.82, 2.24) is 5.32 Å². The van der Waals surface area contributed by atoms with Crippen LogP contribution in [0.5, 0.6) is 0 Å². The number of rotatable bonds is 3. The molecule has 0 aliphatic rings. The molecule has 16 heavy (non-hydrogen) atoms. The van der Waals surface area contributed by atoms with E-state index in [0.717, 1.165) is 23.9 Å². The van der Waals surface area contributed by atoms with E-state index in [1.54, 1.807) is 12.3 Å². The number of nitrogens with one attached hydrogen (secondary N) is 1. The van der Waals surface area contributed by atoms with Crippen LogP contribution in [0, 0.1) is 0 Å². The van der Waals surface area contributed by atoms with E-state index in [4.69, 9.17) is 39.2 Å². The van der Waals surface area contributed by atoms with E-state index in [2.05, 4.69) is 5.32 Å². The zero-order chi connectivity index (χ0) is 11.7. The number of hydrogen-bond donors (Lipinski definition) is 1. The first kappa shape index (κ1) is 12.1. The lowest BCUT2D eigenvalue weighted by Gasteiger charge is -2.02. The molecule has 5 heteroatoms. The van der Waals surface area contributed by atoms with Crippen molar-refractivity contribution in [3.05, 3.63) is 33.0 Å². The van der Waals surface area contributed by atoms with E-state index in [1.807, 2.05) is 7.05 Å². The van der Waals surface area contributed by atoms with Crippen molar-refractivity contribution in [3.8, 4) is 0 Å². The second kappa shape index (κ2) is 4.84. The molecule has 0 aliphatic carbocycles. The van der Waals surface area contributed by atoms with Gasteiger partial charge in [-0.3, -0.25) is 0 Å². The molecule has 1 heterocycles. The molecule has 0 fully saturated rings. The number of furan rings is 1. The largest absolute Gasteiger partial charge is 0.462 e. The zero-order valence-electron chi connectivity index (χ0n) is 8.61. The van der Waals surface area contributed by atoms with Crippen LogP contribution >= 0.6 is 34.8 Å². The minimum Gasteiger partial charge on any atom is -0.462 e. The Balaban J connectivity index is 2.60. The Kier molecular flexibility index (Phi) is 3.65. The van der Waals surface area contributed by atoms with Gasteiger partial charge in [0.2, 0.25) is 0 Å². The lowest BCUT2D eigenvalue weighted by atomic mass is 10.1. The molecule has 0 unspecified atom stereocenters. The number of likely N-dealkylation sites (N-methyl/N-ethyl adjacent to an activating group) is 1. The van der Waals surface area contributed by atoms with Gasteiger partial charge in [-0.1, -0.05) is 34.8 Å². The molecule has 86 valence electrons. The highest BCUT2D eigenvalue weighted by Gasteiger charge is 2.15. The van der Waals surface area contributed by atoms with Gasteiger partial charge in [0.05, 0.1) is 21.3 Å². The van der Waals surface area contributed by atoms with Gasteiger partial charge in [0, 0.05) is 10.9 Å². The van der Waals surface area contributed by atoms with Crippen LogP contribution in [-0.4, -0.2) is 13.6 Å². The van der Waals surface area contributed by atoms with E-state index >= 15 is 0 Å². The third-order valence-electron chi connectivity index (χ3n) is 2.41. The highest BCUT2D eigenvalue weighted by atomic mass is 35.5. The van der Waals surface area contributed by atoms with Crippen molar-refractivity contribution in [1.29, 1.82) is 0 Å². The Labute approximate surface area is 108 Å². The fraction of sp³-hybridized carbons (Fsp3) is 0.273. The molecule has 2 rings (SSSR count). The first-order valence-corrected chi connectivity index (χ1v) is 5.96. The van der Waals surface area contributed by atoms with Gasteiger partial charge in [0.25, 0.3) is 0 Å². The lowest BCUT2D eigenvalue weighted by molar-refractivity contribution is 0.609. The van der Waals surface area contributed by atoms with E-state index in [0.29, 0.717) is 20.7 Å². The van der Waals surface area contributed by atoms with Gasteiger partial charge in [0.15, 0.2) is 5.58 Å². The maximum absolute atomic E-state index is 6.15. The van der Waals surface area contributed by atoms with Crippen molar-refractivity contribution in [2.45, 2.75) is 6.42 Å². The van der Waals surface area contributed by atoms with Gasteiger partial charge in [-0.15, -0.1) is 0 Å². The summed E-state index contributed by atoms with van der Waals surface area (Å²) >= 11 is 18.2. The van der Waals surface area contributed by atoms with Crippen molar-refractivity contribution >= 4 is 45.8 Å². The summed E-state index contributed by atoms with van der Waals surface area (Å²) in [6.45, 7) is 0.842.